The normalized spacial score (nSPS) is 22.2. The van der Waals surface area contributed by atoms with Gasteiger partial charge >= 0.3 is 0 Å². The number of allylic oxidation sites excluding steroid dienone is 11. The average Bonchev–Trinajstić information content (AvgIpc) is 2.71. The van der Waals surface area contributed by atoms with E-state index in [1.54, 1.807) is 0 Å². The Kier molecular flexibility index (Phi) is 4.94. The molecule has 0 saturated carbocycles. The lowest BCUT2D eigenvalue weighted by molar-refractivity contribution is 0.682. The third kappa shape index (κ3) is 3.61. The van der Waals surface area contributed by atoms with Gasteiger partial charge in [-0.1, -0.05) is 91.6 Å². The highest BCUT2D eigenvalue weighted by Gasteiger charge is 2.22. The summed E-state index contributed by atoms with van der Waals surface area (Å²) in [6.45, 7) is 8.07. The zero-order valence-corrected chi connectivity index (χ0v) is 12.8. The molecule has 0 N–H and O–H groups in total. The Morgan fingerprint density at radius 2 is 1.90 bits per heavy atom. The van der Waals surface area contributed by atoms with Crippen molar-refractivity contribution in [2.45, 2.75) is 13.8 Å². The van der Waals surface area contributed by atoms with Gasteiger partial charge in [-0.3, -0.25) is 0 Å². The second-order valence-corrected chi connectivity index (χ2v) is 5.31. The second kappa shape index (κ2) is 6.90. The van der Waals surface area contributed by atoms with Crippen molar-refractivity contribution in [3.8, 4) is 0 Å². The van der Waals surface area contributed by atoms with Crippen LogP contribution in [0.1, 0.15) is 19.4 Å². The van der Waals surface area contributed by atoms with E-state index in [0.29, 0.717) is 0 Å². The van der Waals surface area contributed by atoms with Crippen LogP contribution in [-0.2, 0) is 0 Å². The Labute approximate surface area is 128 Å². The maximum atomic E-state index is 3.76. The Hall–Kier alpha value is -2.34. The number of hydrogen-bond donors (Lipinski definition) is 0. The van der Waals surface area contributed by atoms with Gasteiger partial charge in [0.25, 0.3) is 0 Å². The topological polar surface area (TPSA) is 0 Å². The van der Waals surface area contributed by atoms with E-state index in [2.05, 4.69) is 87.2 Å². The van der Waals surface area contributed by atoms with Crippen molar-refractivity contribution in [3.63, 3.8) is 0 Å². The van der Waals surface area contributed by atoms with Crippen molar-refractivity contribution in [1.82, 2.24) is 0 Å². The van der Waals surface area contributed by atoms with Gasteiger partial charge in [-0.15, -0.1) is 0 Å². The van der Waals surface area contributed by atoms with Crippen molar-refractivity contribution < 1.29 is 0 Å². The van der Waals surface area contributed by atoms with Crippen molar-refractivity contribution in [2.75, 3.05) is 0 Å². The fraction of sp³-hybridized carbons (Fsp3) is 0.143. The molecule has 0 aliphatic heterocycles. The second-order valence-electron chi connectivity index (χ2n) is 5.31. The quantitative estimate of drug-likeness (QED) is 0.600. The molecule has 1 atom stereocenters. The van der Waals surface area contributed by atoms with Crippen molar-refractivity contribution in [3.05, 3.63) is 103 Å². The highest BCUT2D eigenvalue weighted by molar-refractivity contribution is 5.76. The molecule has 0 nitrogen and oxygen atoms in total. The molecule has 1 aliphatic rings. The highest BCUT2D eigenvalue weighted by Crippen LogP contribution is 2.36. The van der Waals surface area contributed by atoms with E-state index in [4.69, 9.17) is 0 Å². The van der Waals surface area contributed by atoms with E-state index in [1.807, 2.05) is 18.2 Å². The van der Waals surface area contributed by atoms with E-state index in [0.717, 1.165) is 0 Å². The molecule has 2 rings (SSSR count). The molecule has 0 heteroatoms. The summed E-state index contributed by atoms with van der Waals surface area (Å²) < 4.78 is 0. The lowest BCUT2D eigenvalue weighted by Crippen LogP contribution is -2.12. The predicted octanol–water partition coefficient (Wildman–Crippen LogP) is 5.89. The molecule has 0 bridgehead atoms. The van der Waals surface area contributed by atoms with Crippen molar-refractivity contribution in [2.24, 2.45) is 5.41 Å². The molecule has 0 amide bonds. The predicted molar refractivity (Wildman–Crippen MR) is 93.9 cm³/mol. The van der Waals surface area contributed by atoms with Gasteiger partial charge in [0.05, 0.1) is 0 Å². The molecule has 1 unspecified atom stereocenters. The first-order chi connectivity index (χ1) is 10.2. The zero-order valence-electron chi connectivity index (χ0n) is 12.8. The summed E-state index contributed by atoms with van der Waals surface area (Å²) in [4.78, 5) is 0. The summed E-state index contributed by atoms with van der Waals surface area (Å²) in [6.07, 6.45) is 19.0. The molecule has 0 fully saturated rings. The fourth-order valence-corrected chi connectivity index (χ4v) is 2.58. The Morgan fingerprint density at radius 1 is 1.14 bits per heavy atom. The molecule has 0 heterocycles. The standard InChI is InChI=1S/C21H22/c1-4-6-15-20(5-2)21(3)16-11-10-14-19(17-21)18-12-8-7-9-13-18/h4-17H,1H2,2-3H3/b15-6-,20-5+. The highest BCUT2D eigenvalue weighted by atomic mass is 14.3. The first kappa shape index (κ1) is 15.1. The van der Waals surface area contributed by atoms with Crippen LogP contribution in [0.2, 0.25) is 0 Å². The van der Waals surface area contributed by atoms with Crippen LogP contribution < -0.4 is 0 Å². The van der Waals surface area contributed by atoms with Crippen LogP contribution in [0.15, 0.2) is 97.2 Å². The van der Waals surface area contributed by atoms with Gasteiger partial charge in [-0.25, -0.2) is 0 Å². The van der Waals surface area contributed by atoms with Crippen LogP contribution in [-0.4, -0.2) is 0 Å². The molecule has 21 heavy (non-hydrogen) atoms. The van der Waals surface area contributed by atoms with Crippen LogP contribution >= 0.6 is 0 Å². The van der Waals surface area contributed by atoms with E-state index in [1.165, 1.54) is 16.7 Å². The van der Waals surface area contributed by atoms with Gasteiger partial charge in [-0.05, 0) is 30.6 Å². The maximum Gasteiger partial charge on any atom is 0.0292 e. The van der Waals surface area contributed by atoms with Crippen molar-refractivity contribution >= 4 is 5.57 Å². The summed E-state index contributed by atoms with van der Waals surface area (Å²) in [5.74, 6) is 0. The van der Waals surface area contributed by atoms with E-state index in [9.17, 15) is 0 Å². The van der Waals surface area contributed by atoms with Gasteiger partial charge < -0.3 is 0 Å². The first-order valence-electron chi connectivity index (χ1n) is 7.29. The SMILES string of the molecule is C=C/C=C\C(=C/C)C1(C)C=CC=CC(c2ccccc2)=C1. The fourth-order valence-electron chi connectivity index (χ4n) is 2.58. The van der Waals surface area contributed by atoms with Gasteiger partial charge in [-0.2, -0.15) is 0 Å². The minimum atomic E-state index is -0.122. The third-order valence-corrected chi connectivity index (χ3v) is 3.74. The van der Waals surface area contributed by atoms with E-state index < -0.39 is 0 Å². The van der Waals surface area contributed by atoms with E-state index >= 15 is 0 Å². The largest absolute Gasteiger partial charge is 0.0991 e. The minimum Gasteiger partial charge on any atom is -0.0991 e. The van der Waals surface area contributed by atoms with Gasteiger partial charge in [0.2, 0.25) is 0 Å². The molecule has 1 aromatic carbocycles. The van der Waals surface area contributed by atoms with Crippen molar-refractivity contribution in [1.29, 1.82) is 0 Å². The summed E-state index contributed by atoms with van der Waals surface area (Å²) >= 11 is 0. The van der Waals surface area contributed by atoms with E-state index in [-0.39, 0.29) is 5.41 Å². The Balaban J connectivity index is 2.48. The molecule has 0 saturated heterocycles. The molecule has 0 spiro atoms. The molecule has 0 radical (unpaired) electrons. The molecular weight excluding hydrogens is 252 g/mol. The number of benzene rings is 1. The first-order valence-corrected chi connectivity index (χ1v) is 7.29. The Morgan fingerprint density at radius 3 is 2.57 bits per heavy atom. The monoisotopic (exact) mass is 274 g/mol. The maximum absolute atomic E-state index is 3.76. The smallest absolute Gasteiger partial charge is 0.0292 e. The minimum absolute atomic E-state index is 0.122. The Bertz CT molecular complexity index is 636. The summed E-state index contributed by atoms with van der Waals surface area (Å²) in [7, 11) is 0. The zero-order chi connectivity index (χ0) is 15.1. The molecule has 106 valence electrons. The molecule has 1 aliphatic carbocycles. The summed E-state index contributed by atoms with van der Waals surface area (Å²) in [5.41, 5.74) is 3.63. The lowest BCUT2D eigenvalue weighted by atomic mass is 9.79. The summed E-state index contributed by atoms with van der Waals surface area (Å²) in [6, 6.07) is 10.5. The molecular formula is C21H22. The molecule has 1 aromatic rings. The van der Waals surface area contributed by atoms with Crippen LogP contribution in [0, 0.1) is 5.41 Å². The van der Waals surface area contributed by atoms with Crippen LogP contribution in [0.5, 0.6) is 0 Å². The average molecular weight is 274 g/mol. The van der Waals surface area contributed by atoms with Gasteiger partial charge in [0.15, 0.2) is 0 Å². The van der Waals surface area contributed by atoms with Gasteiger partial charge in [0, 0.05) is 5.41 Å². The van der Waals surface area contributed by atoms with Crippen LogP contribution in [0.3, 0.4) is 0 Å². The summed E-state index contributed by atoms with van der Waals surface area (Å²) in [5, 5.41) is 0. The number of rotatable bonds is 4. The van der Waals surface area contributed by atoms with Crippen LogP contribution in [0.25, 0.3) is 5.57 Å². The third-order valence-electron chi connectivity index (χ3n) is 3.74. The van der Waals surface area contributed by atoms with Gasteiger partial charge in [0.1, 0.15) is 0 Å². The number of hydrogen-bond acceptors (Lipinski definition) is 0. The lowest BCUT2D eigenvalue weighted by Gasteiger charge is -2.24. The molecule has 0 aromatic heterocycles. The van der Waals surface area contributed by atoms with Crippen LogP contribution in [0.4, 0.5) is 0 Å².